The Bertz CT molecular complexity index is 219. The predicted octanol–water partition coefficient (Wildman–Crippen LogP) is 3.41. The smallest absolute Gasteiger partial charge is 0.406 e. The largest absolute Gasteiger partial charge is 0.457 e. The molecule has 3 nitrogen and oxygen atoms in total. The van der Waals surface area contributed by atoms with Crippen molar-refractivity contribution in [1.29, 1.82) is 5.26 Å². The molecule has 0 heterocycles. The fourth-order valence-electron chi connectivity index (χ4n) is 1.28. The number of nitriles is 1. The normalized spacial score (nSPS) is 12.3. The fourth-order valence-corrected chi connectivity index (χ4v) is 1.28. The van der Waals surface area contributed by atoms with E-state index < -0.39 is 0 Å². The van der Waals surface area contributed by atoms with Crippen LogP contribution in [0.25, 0.3) is 0 Å². The summed E-state index contributed by atoms with van der Waals surface area (Å²) in [6, 6.07) is 2.14. The molecule has 0 unspecified atom stereocenters. The van der Waals surface area contributed by atoms with Crippen molar-refractivity contribution in [2.45, 2.75) is 71.9 Å². The summed E-state index contributed by atoms with van der Waals surface area (Å²) in [6.45, 7) is 12.1. The van der Waals surface area contributed by atoms with Gasteiger partial charge in [-0.25, -0.2) is 0 Å². The van der Waals surface area contributed by atoms with E-state index in [2.05, 4.69) is 6.07 Å². The average molecular weight is 225 g/mol. The second-order valence-electron chi connectivity index (χ2n) is 5.94. The van der Waals surface area contributed by atoms with E-state index in [0.29, 0.717) is 6.42 Å². The lowest BCUT2D eigenvalue weighted by atomic mass is 9.79. The van der Waals surface area contributed by atoms with E-state index in [1.54, 1.807) is 0 Å². The van der Waals surface area contributed by atoms with Crippen molar-refractivity contribution >= 4 is 7.12 Å². The maximum Gasteiger partial charge on any atom is 0.457 e. The molecule has 0 saturated heterocycles. The Morgan fingerprint density at radius 1 is 1.00 bits per heavy atom. The molecule has 92 valence electrons. The van der Waals surface area contributed by atoms with E-state index >= 15 is 0 Å². The van der Waals surface area contributed by atoms with Gasteiger partial charge in [-0.3, -0.25) is 0 Å². The zero-order chi connectivity index (χ0) is 12.8. The minimum Gasteiger partial charge on any atom is -0.406 e. The van der Waals surface area contributed by atoms with Crippen LogP contribution in [-0.4, -0.2) is 18.3 Å². The lowest BCUT2D eigenvalue weighted by Crippen LogP contribution is -2.38. The van der Waals surface area contributed by atoms with Gasteiger partial charge in [-0.2, -0.15) is 5.26 Å². The van der Waals surface area contributed by atoms with Crippen molar-refractivity contribution in [2.24, 2.45) is 0 Å². The summed E-state index contributed by atoms with van der Waals surface area (Å²) < 4.78 is 11.7. The van der Waals surface area contributed by atoms with Gasteiger partial charge in [-0.05, 0) is 54.3 Å². The van der Waals surface area contributed by atoms with Gasteiger partial charge in [0.1, 0.15) is 0 Å². The predicted molar refractivity (Wildman–Crippen MR) is 67.1 cm³/mol. The topological polar surface area (TPSA) is 42.2 Å². The molecule has 0 bridgehead atoms. The molecule has 0 atom stereocenters. The molecule has 0 aliphatic carbocycles. The van der Waals surface area contributed by atoms with Gasteiger partial charge in [0, 0.05) is 17.6 Å². The zero-order valence-electron chi connectivity index (χ0n) is 11.5. The lowest BCUT2D eigenvalue weighted by molar-refractivity contribution is 0.0336. The minimum atomic E-state index is -0.228. The first-order chi connectivity index (χ1) is 7.14. The van der Waals surface area contributed by atoms with Crippen LogP contribution in [0.4, 0.5) is 0 Å². The van der Waals surface area contributed by atoms with Crippen LogP contribution in [0.1, 0.15) is 54.4 Å². The number of unbranched alkanes of at least 4 members (excludes halogenated alkanes) is 1. The van der Waals surface area contributed by atoms with Gasteiger partial charge in [0.15, 0.2) is 0 Å². The number of nitrogens with zero attached hydrogens (tertiary/aromatic N) is 1. The van der Waals surface area contributed by atoms with E-state index in [0.717, 1.165) is 12.7 Å². The fraction of sp³-hybridized carbons (Fsp3) is 0.917. The van der Waals surface area contributed by atoms with Gasteiger partial charge in [0.05, 0.1) is 6.07 Å². The molecule has 0 aromatic heterocycles. The van der Waals surface area contributed by atoms with Crippen molar-refractivity contribution in [1.82, 2.24) is 0 Å². The molecule has 0 spiro atoms. The molecule has 16 heavy (non-hydrogen) atoms. The average Bonchev–Trinajstić information content (AvgIpc) is 1.97. The second-order valence-corrected chi connectivity index (χ2v) is 5.94. The Morgan fingerprint density at radius 3 is 1.75 bits per heavy atom. The zero-order valence-corrected chi connectivity index (χ0v) is 11.5. The molecule has 0 radical (unpaired) electrons. The highest BCUT2D eigenvalue weighted by Crippen LogP contribution is 2.19. The summed E-state index contributed by atoms with van der Waals surface area (Å²) in [5, 5.41) is 8.51. The van der Waals surface area contributed by atoms with Crippen molar-refractivity contribution in [3.05, 3.63) is 0 Å². The molecule has 0 aliphatic rings. The monoisotopic (exact) mass is 225 g/mol. The minimum absolute atomic E-state index is 0.220. The summed E-state index contributed by atoms with van der Waals surface area (Å²) in [7, 11) is -0.228. The SMILES string of the molecule is CC(C)(C)OB(CCCC#N)OC(C)(C)C. The number of hydrogen-bond acceptors (Lipinski definition) is 3. The van der Waals surface area contributed by atoms with Gasteiger partial charge < -0.3 is 9.31 Å². The van der Waals surface area contributed by atoms with Gasteiger partial charge in [0.2, 0.25) is 0 Å². The van der Waals surface area contributed by atoms with Crippen LogP contribution in [0.5, 0.6) is 0 Å². The van der Waals surface area contributed by atoms with E-state index in [-0.39, 0.29) is 18.3 Å². The summed E-state index contributed by atoms with van der Waals surface area (Å²) in [6.07, 6.45) is 2.13. The van der Waals surface area contributed by atoms with Crippen LogP contribution >= 0.6 is 0 Å². The second kappa shape index (κ2) is 6.27. The first-order valence-electron chi connectivity index (χ1n) is 5.87. The molecule has 4 heteroatoms. The quantitative estimate of drug-likeness (QED) is 0.531. The third-order valence-electron chi connectivity index (χ3n) is 1.70. The van der Waals surface area contributed by atoms with Gasteiger partial charge >= 0.3 is 7.12 Å². The van der Waals surface area contributed by atoms with Gasteiger partial charge in [-0.1, -0.05) is 0 Å². The highest BCUT2D eigenvalue weighted by molar-refractivity contribution is 6.44. The summed E-state index contributed by atoms with van der Waals surface area (Å²) >= 11 is 0. The Labute approximate surface area is 100 Å². The Balaban J connectivity index is 4.23. The number of rotatable bonds is 5. The standard InChI is InChI=1S/C12H24BNO2/c1-11(2,3)15-13(9-7-8-10-14)16-12(4,5)6/h7-9H2,1-6H3. The van der Waals surface area contributed by atoms with E-state index in [1.165, 1.54) is 0 Å². The molecule has 0 fully saturated rings. The van der Waals surface area contributed by atoms with Crippen LogP contribution in [-0.2, 0) is 9.31 Å². The molecular formula is C12H24BNO2. The summed E-state index contributed by atoms with van der Waals surface area (Å²) in [5.41, 5.74) is -0.439. The molecule has 0 aromatic rings. The third-order valence-corrected chi connectivity index (χ3v) is 1.70. The lowest BCUT2D eigenvalue weighted by Gasteiger charge is -2.30. The molecule has 0 aliphatic heterocycles. The Kier molecular flexibility index (Phi) is 6.06. The summed E-state index contributed by atoms with van der Waals surface area (Å²) in [4.78, 5) is 0. The van der Waals surface area contributed by atoms with Crippen LogP contribution in [0.3, 0.4) is 0 Å². The van der Waals surface area contributed by atoms with E-state index in [1.807, 2.05) is 41.5 Å². The Morgan fingerprint density at radius 2 is 1.44 bits per heavy atom. The highest BCUT2D eigenvalue weighted by atomic mass is 16.6. The molecule has 0 saturated carbocycles. The molecule has 0 amide bonds. The maximum absolute atomic E-state index is 8.51. The maximum atomic E-state index is 8.51. The molecule has 0 aromatic carbocycles. The van der Waals surface area contributed by atoms with Crippen molar-refractivity contribution in [2.75, 3.05) is 0 Å². The van der Waals surface area contributed by atoms with Crippen molar-refractivity contribution in [3.63, 3.8) is 0 Å². The first kappa shape index (κ1) is 15.5. The first-order valence-corrected chi connectivity index (χ1v) is 5.87. The third kappa shape index (κ3) is 10.0. The van der Waals surface area contributed by atoms with Crippen molar-refractivity contribution in [3.8, 4) is 6.07 Å². The Hall–Kier alpha value is -0.525. The van der Waals surface area contributed by atoms with Crippen molar-refractivity contribution < 1.29 is 9.31 Å². The van der Waals surface area contributed by atoms with E-state index in [4.69, 9.17) is 14.6 Å². The van der Waals surface area contributed by atoms with Crippen LogP contribution in [0.2, 0.25) is 6.32 Å². The van der Waals surface area contributed by atoms with Crippen LogP contribution < -0.4 is 0 Å². The molecule has 0 N–H and O–H groups in total. The highest BCUT2D eigenvalue weighted by Gasteiger charge is 2.29. The van der Waals surface area contributed by atoms with Crippen LogP contribution in [0, 0.1) is 11.3 Å². The number of hydrogen-bond donors (Lipinski definition) is 0. The molecular weight excluding hydrogens is 201 g/mol. The van der Waals surface area contributed by atoms with Crippen LogP contribution in [0.15, 0.2) is 0 Å². The molecule has 0 rings (SSSR count). The van der Waals surface area contributed by atoms with Gasteiger partial charge in [-0.15, -0.1) is 0 Å². The van der Waals surface area contributed by atoms with E-state index in [9.17, 15) is 0 Å². The summed E-state index contributed by atoms with van der Waals surface area (Å²) in [5.74, 6) is 0. The van der Waals surface area contributed by atoms with Gasteiger partial charge in [0.25, 0.3) is 0 Å².